The van der Waals surface area contributed by atoms with E-state index in [1.54, 1.807) is 24.3 Å². The maximum Gasteiger partial charge on any atom is 0.128 e. The molecule has 0 aliphatic rings. The zero-order valence-electron chi connectivity index (χ0n) is 11.4. The van der Waals surface area contributed by atoms with Gasteiger partial charge in [0.25, 0.3) is 0 Å². The van der Waals surface area contributed by atoms with Crippen molar-refractivity contribution in [3.05, 3.63) is 59.4 Å². The van der Waals surface area contributed by atoms with Crippen LogP contribution in [0.3, 0.4) is 0 Å². The number of aliphatic hydroxyl groups is 1. The van der Waals surface area contributed by atoms with Crippen molar-refractivity contribution in [2.24, 2.45) is 0 Å². The zero-order valence-corrected chi connectivity index (χ0v) is 11.4. The van der Waals surface area contributed by atoms with Crippen LogP contribution in [0.2, 0.25) is 0 Å². The van der Waals surface area contributed by atoms with Crippen LogP contribution in [0, 0.1) is 5.82 Å². The second-order valence-corrected chi connectivity index (χ2v) is 4.36. The van der Waals surface area contributed by atoms with Crippen molar-refractivity contribution in [2.75, 3.05) is 11.9 Å². The lowest BCUT2D eigenvalue weighted by molar-refractivity contribution is 0.267. The highest BCUT2D eigenvalue weighted by molar-refractivity contribution is 5.51. The summed E-state index contributed by atoms with van der Waals surface area (Å²) in [7, 11) is 0. The smallest absolute Gasteiger partial charge is 0.128 e. The van der Waals surface area contributed by atoms with Gasteiger partial charge in [-0.1, -0.05) is 18.2 Å². The van der Waals surface area contributed by atoms with E-state index in [1.807, 2.05) is 19.1 Å². The third-order valence-corrected chi connectivity index (χ3v) is 2.97. The first-order valence-electron chi connectivity index (χ1n) is 6.58. The Kier molecular flexibility index (Phi) is 4.96. The number of hydrogen-bond acceptors (Lipinski definition) is 3. The molecule has 0 aromatic heterocycles. The van der Waals surface area contributed by atoms with E-state index in [2.05, 4.69) is 5.32 Å². The Hall–Kier alpha value is -2.07. The second kappa shape index (κ2) is 6.91. The van der Waals surface area contributed by atoms with E-state index >= 15 is 0 Å². The van der Waals surface area contributed by atoms with Crippen LogP contribution in [0.4, 0.5) is 10.1 Å². The molecule has 0 bridgehead atoms. The molecule has 0 aliphatic heterocycles. The molecule has 2 rings (SSSR count). The lowest BCUT2D eigenvalue weighted by Gasteiger charge is -2.12. The van der Waals surface area contributed by atoms with E-state index in [1.165, 1.54) is 6.07 Å². The topological polar surface area (TPSA) is 41.5 Å². The van der Waals surface area contributed by atoms with Crippen molar-refractivity contribution in [1.29, 1.82) is 0 Å². The van der Waals surface area contributed by atoms with Gasteiger partial charge in [0.05, 0.1) is 13.2 Å². The van der Waals surface area contributed by atoms with Crippen molar-refractivity contribution in [1.82, 2.24) is 0 Å². The maximum absolute atomic E-state index is 13.5. The molecule has 2 aromatic rings. The van der Waals surface area contributed by atoms with Crippen molar-refractivity contribution >= 4 is 5.69 Å². The molecule has 2 aromatic carbocycles. The zero-order chi connectivity index (χ0) is 14.4. The molecule has 0 heterocycles. The van der Waals surface area contributed by atoms with Gasteiger partial charge in [0, 0.05) is 23.4 Å². The first kappa shape index (κ1) is 14.3. The van der Waals surface area contributed by atoms with Gasteiger partial charge >= 0.3 is 0 Å². The Labute approximate surface area is 118 Å². The Morgan fingerprint density at radius 1 is 1.15 bits per heavy atom. The Balaban J connectivity index is 2.08. The van der Waals surface area contributed by atoms with Gasteiger partial charge in [-0.2, -0.15) is 0 Å². The number of anilines is 1. The SMILES string of the molecule is CCOc1ccc(NCc2ccccc2F)cc1CO. The van der Waals surface area contributed by atoms with Crippen LogP contribution in [0.25, 0.3) is 0 Å². The number of ether oxygens (including phenoxy) is 1. The number of halogens is 1. The van der Waals surface area contributed by atoms with Crippen LogP contribution in [-0.4, -0.2) is 11.7 Å². The molecule has 3 nitrogen and oxygen atoms in total. The normalized spacial score (nSPS) is 10.3. The monoisotopic (exact) mass is 275 g/mol. The molecule has 4 heteroatoms. The number of hydrogen-bond donors (Lipinski definition) is 2. The third-order valence-electron chi connectivity index (χ3n) is 2.97. The Morgan fingerprint density at radius 2 is 1.95 bits per heavy atom. The molecule has 20 heavy (non-hydrogen) atoms. The Morgan fingerprint density at radius 3 is 2.65 bits per heavy atom. The lowest BCUT2D eigenvalue weighted by Crippen LogP contribution is -2.03. The van der Waals surface area contributed by atoms with Crippen molar-refractivity contribution in [3.63, 3.8) is 0 Å². The lowest BCUT2D eigenvalue weighted by atomic mass is 10.1. The van der Waals surface area contributed by atoms with Crippen molar-refractivity contribution < 1.29 is 14.2 Å². The fourth-order valence-electron chi connectivity index (χ4n) is 1.95. The molecule has 0 aliphatic carbocycles. The summed E-state index contributed by atoms with van der Waals surface area (Å²) in [5.74, 6) is 0.444. The first-order valence-corrected chi connectivity index (χ1v) is 6.58. The molecule has 0 atom stereocenters. The van der Waals surface area contributed by atoms with Gasteiger partial charge in [-0.25, -0.2) is 4.39 Å². The fourth-order valence-corrected chi connectivity index (χ4v) is 1.95. The minimum Gasteiger partial charge on any atom is -0.494 e. The molecule has 0 spiro atoms. The molecule has 0 amide bonds. The van der Waals surface area contributed by atoms with Gasteiger partial charge in [-0.15, -0.1) is 0 Å². The summed E-state index contributed by atoms with van der Waals surface area (Å²) in [6.07, 6.45) is 0. The summed E-state index contributed by atoms with van der Waals surface area (Å²) in [5, 5.41) is 12.5. The molecule has 0 saturated heterocycles. The summed E-state index contributed by atoms with van der Waals surface area (Å²) >= 11 is 0. The predicted molar refractivity (Wildman–Crippen MR) is 77.3 cm³/mol. The standard InChI is InChI=1S/C16H18FNO2/c1-2-20-16-8-7-14(9-13(16)11-19)18-10-12-5-3-4-6-15(12)17/h3-9,18-19H,2,10-11H2,1H3. The molecule has 0 saturated carbocycles. The maximum atomic E-state index is 13.5. The molecule has 0 fully saturated rings. The van der Waals surface area contributed by atoms with Crippen LogP contribution >= 0.6 is 0 Å². The number of aliphatic hydroxyl groups excluding tert-OH is 1. The van der Waals surface area contributed by atoms with Crippen LogP contribution in [0.5, 0.6) is 5.75 Å². The molecule has 0 radical (unpaired) electrons. The van der Waals surface area contributed by atoms with Crippen LogP contribution in [0.1, 0.15) is 18.1 Å². The average molecular weight is 275 g/mol. The molecular weight excluding hydrogens is 257 g/mol. The van der Waals surface area contributed by atoms with Gasteiger partial charge in [0.2, 0.25) is 0 Å². The van der Waals surface area contributed by atoms with Gasteiger partial charge < -0.3 is 15.2 Å². The quantitative estimate of drug-likeness (QED) is 0.849. The van der Waals surface area contributed by atoms with E-state index in [-0.39, 0.29) is 12.4 Å². The highest BCUT2D eigenvalue weighted by atomic mass is 19.1. The summed E-state index contributed by atoms with van der Waals surface area (Å²) in [6.45, 7) is 2.75. The summed E-state index contributed by atoms with van der Waals surface area (Å²) in [5.41, 5.74) is 2.14. The van der Waals surface area contributed by atoms with Gasteiger partial charge in [-0.05, 0) is 31.2 Å². The largest absolute Gasteiger partial charge is 0.494 e. The van der Waals surface area contributed by atoms with Crippen LogP contribution in [-0.2, 0) is 13.2 Å². The molecule has 2 N–H and O–H groups in total. The van der Waals surface area contributed by atoms with Gasteiger partial charge in [-0.3, -0.25) is 0 Å². The van der Waals surface area contributed by atoms with Crippen molar-refractivity contribution in [2.45, 2.75) is 20.1 Å². The summed E-state index contributed by atoms with van der Waals surface area (Å²) in [6, 6.07) is 12.1. The third kappa shape index (κ3) is 3.48. The average Bonchev–Trinajstić information content (AvgIpc) is 2.48. The number of benzene rings is 2. The van der Waals surface area contributed by atoms with E-state index in [9.17, 15) is 9.50 Å². The van der Waals surface area contributed by atoms with Crippen molar-refractivity contribution in [3.8, 4) is 5.75 Å². The summed E-state index contributed by atoms with van der Waals surface area (Å²) < 4.78 is 18.9. The van der Waals surface area contributed by atoms with E-state index in [4.69, 9.17) is 4.74 Å². The fraction of sp³-hybridized carbons (Fsp3) is 0.250. The van der Waals surface area contributed by atoms with E-state index in [0.29, 0.717) is 30.0 Å². The molecule has 0 unspecified atom stereocenters. The molecule has 106 valence electrons. The number of rotatable bonds is 6. The van der Waals surface area contributed by atoms with Crippen LogP contribution < -0.4 is 10.1 Å². The minimum atomic E-state index is -0.228. The van der Waals surface area contributed by atoms with E-state index in [0.717, 1.165) is 5.69 Å². The highest BCUT2D eigenvalue weighted by Crippen LogP contribution is 2.23. The van der Waals surface area contributed by atoms with Gasteiger partial charge in [0.1, 0.15) is 11.6 Å². The van der Waals surface area contributed by atoms with Gasteiger partial charge in [0.15, 0.2) is 0 Å². The minimum absolute atomic E-state index is 0.0927. The highest BCUT2D eigenvalue weighted by Gasteiger charge is 2.05. The second-order valence-electron chi connectivity index (χ2n) is 4.36. The number of nitrogens with one attached hydrogen (secondary N) is 1. The van der Waals surface area contributed by atoms with E-state index < -0.39 is 0 Å². The first-order chi connectivity index (χ1) is 9.74. The Bertz CT molecular complexity index is 572. The summed E-state index contributed by atoms with van der Waals surface area (Å²) in [4.78, 5) is 0. The van der Waals surface area contributed by atoms with Crippen LogP contribution in [0.15, 0.2) is 42.5 Å². The molecular formula is C16H18FNO2. The predicted octanol–water partition coefficient (Wildman–Crippen LogP) is 3.33.